The summed E-state index contributed by atoms with van der Waals surface area (Å²) in [6, 6.07) is 32.1. The van der Waals surface area contributed by atoms with Gasteiger partial charge in [0.1, 0.15) is 5.75 Å². The summed E-state index contributed by atoms with van der Waals surface area (Å²) in [6.45, 7) is 5.43. The number of hydrazone groups is 1. The van der Waals surface area contributed by atoms with Gasteiger partial charge in [-0.25, -0.2) is 5.01 Å². The molecule has 4 atom stereocenters. The molecule has 4 aromatic carbocycles. The molecule has 3 amide bonds. The largest absolute Gasteiger partial charge is 0.497 e. The molecule has 0 unspecified atom stereocenters. The highest BCUT2D eigenvalue weighted by atomic mass is 28.4. The monoisotopic (exact) mass is 762 g/mol. The van der Waals surface area contributed by atoms with E-state index < -0.39 is 31.6 Å². The third kappa shape index (κ3) is 7.33. The topological polar surface area (TPSA) is 112 Å². The molecule has 0 saturated carbocycles. The average Bonchev–Trinajstić information content (AvgIpc) is 3.61. The number of hydrogen-bond donors (Lipinski definition) is 1. The Morgan fingerprint density at radius 1 is 0.982 bits per heavy atom. The molecule has 10 nitrogen and oxygen atoms in total. The molecule has 0 radical (unpaired) electrons. The Bertz CT molecular complexity index is 2080. The van der Waals surface area contributed by atoms with Gasteiger partial charge in [0.05, 0.1) is 49.9 Å². The summed E-state index contributed by atoms with van der Waals surface area (Å²) in [6.07, 6.45) is -0.108. The zero-order valence-corrected chi connectivity index (χ0v) is 32.7. The molecule has 3 aliphatic heterocycles. The van der Waals surface area contributed by atoms with Crippen LogP contribution >= 0.6 is 0 Å². The Balaban J connectivity index is 1.18. The smallest absolute Gasteiger partial charge is 0.264 e. The maximum absolute atomic E-state index is 16.5. The number of ether oxygens (including phenoxy) is 2. The van der Waals surface area contributed by atoms with Crippen LogP contribution in [0.4, 0.5) is 15.5 Å². The van der Waals surface area contributed by atoms with E-state index in [0.717, 1.165) is 22.4 Å². The minimum Gasteiger partial charge on any atom is -0.497 e. The standard InChI is InChI=1S/C43H47FN4O6Si/c1-29-41(55(3,4)44)38(26-40(51)46(23-24-49)27-30-11-7-5-8-12-30)54-43(29)35-25-34(53-2)19-21-37(35)47(42(43)52)28-31-15-17-33(18-16-31)48-39(50)22-20-36(45-48)32-13-9-6-10-14-32/h5-19,21,25,29,38,41,49H,20,22-24,26-28H2,1-4H3/t29-,38+,41-,43+/m1/s1. The fourth-order valence-corrected chi connectivity index (χ4v) is 11.0. The van der Waals surface area contributed by atoms with E-state index >= 15 is 4.11 Å². The normalized spacial score (nSPS) is 22.2. The molecule has 0 bridgehead atoms. The van der Waals surface area contributed by atoms with Gasteiger partial charge in [-0.1, -0.05) is 79.7 Å². The first-order valence-corrected chi connectivity index (χ1v) is 21.7. The predicted octanol–water partition coefficient (Wildman–Crippen LogP) is 6.96. The van der Waals surface area contributed by atoms with Gasteiger partial charge in [0.15, 0.2) is 5.60 Å². The highest BCUT2D eigenvalue weighted by Crippen LogP contribution is 2.60. The number of halogens is 1. The Morgan fingerprint density at radius 3 is 2.33 bits per heavy atom. The highest BCUT2D eigenvalue weighted by molar-refractivity contribution is 6.72. The molecule has 1 fully saturated rings. The van der Waals surface area contributed by atoms with Gasteiger partial charge in [0, 0.05) is 43.0 Å². The first-order valence-electron chi connectivity index (χ1n) is 18.8. The third-order valence-corrected chi connectivity index (χ3v) is 13.6. The number of methoxy groups -OCH3 is 1. The lowest BCUT2D eigenvalue weighted by molar-refractivity contribution is -0.150. The molecular weight excluding hydrogens is 716 g/mol. The zero-order chi connectivity index (χ0) is 38.9. The van der Waals surface area contributed by atoms with Crippen molar-refractivity contribution in [3.8, 4) is 5.75 Å². The van der Waals surface area contributed by atoms with E-state index in [2.05, 4.69) is 5.10 Å². The number of carbonyl (C=O) groups is 3. The van der Waals surface area contributed by atoms with E-state index in [4.69, 9.17) is 9.47 Å². The second-order valence-corrected chi connectivity index (χ2v) is 18.9. The molecule has 55 heavy (non-hydrogen) atoms. The maximum Gasteiger partial charge on any atom is 0.264 e. The number of carbonyl (C=O) groups excluding carboxylic acids is 3. The molecule has 0 aromatic heterocycles. The first kappa shape index (κ1) is 38.1. The van der Waals surface area contributed by atoms with Crippen molar-refractivity contribution in [3.05, 3.63) is 125 Å². The average molecular weight is 763 g/mol. The number of benzene rings is 4. The van der Waals surface area contributed by atoms with E-state index in [1.165, 1.54) is 5.01 Å². The summed E-state index contributed by atoms with van der Waals surface area (Å²) in [7, 11) is -2.00. The van der Waals surface area contributed by atoms with Crippen molar-refractivity contribution in [1.29, 1.82) is 0 Å². The first-order chi connectivity index (χ1) is 26.4. The van der Waals surface area contributed by atoms with Crippen LogP contribution in [0.1, 0.15) is 48.4 Å². The molecule has 3 heterocycles. The lowest BCUT2D eigenvalue weighted by Crippen LogP contribution is -2.45. The number of amides is 3. The SMILES string of the molecule is COc1ccc2c(c1)[C@]1(O[C@@H](CC(=O)N(CCO)Cc3ccccc3)[C@H]([Si](C)(C)F)[C@H]1C)C(=O)N2Cc1ccc(N2N=C(c3ccccc3)CCC2=O)cc1. The van der Waals surface area contributed by atoms with Gasteiger partial charge in [-0.3, -0.25) is 14.4 Å². The highest BCUT2D eigenvalue weighted by Gasteiger charge is 2.67. The summed E-state index contributed by atoms with van der Waals surface area (Å²) >= 11 is 0. The van der Waals surface area contributed by atoms with E-state index in [-0.39, 0.29) is 50.4 Å². The summed E-state index contributed by atoms with van der Waals surface area (Å²) < 4.78 is 29.0. The molecule has 1 N–H and O–H groups in total. The van der Waals surface area contributed by atoms with Crippen LogP contribution in [0.15, 0.2) is 108 Å². The van der Waals surface area contributed by atoms with Crippen molar-refractivity contribution < 1.29 is 33.1 Å². The molecule has 1 saturated heterocycles. The molecule has 0 aliphatic carbocycles. The van der Waals surface area contributed by atoms with Gasteiger partial charge < -0.3 is 28.5 Å². The molecule has 286 valence electrons. The molecular formula is C43H47FN4O6Si. The zero-order valence-electron chi connectivity index (χ0n) is 31.7. The summed E-state index contributed by atoms with van der Waals surface area (Å²) in [5, 5.41) is 16.0. The Morgan fingerprint density at radius 2 is 1.67 bits per heavy atom. The number of nitrogens with zero attached hydrogens (tertiary/aromatic N) is 4. The number of aliphatic hydroxyl groups is 1. The fraction of sp³-hybridized carbons (Fsp3) is 0.349. The Hall–Kier alpha value is -5.17. The fourth-order valence-electron chi connectivity index (χ4n) is 8.55. The predicted molar refractivity (Wildman–Crippen MR) is 212 cm³/mol. The van der Waals surface area contributed by atoms with E-state index in [9.17, 15) is 19.5 Å². The van der Waals surface area contributed by atoms with E-state index in [0.29, 0.717) is 35.5 Å². The van der Waals surface area contributed by atoms with Gasteiger partial charge in [0.2, 0.25) is 20.2 Å². The van der Waals surface area contributed by atoms with Crippen LogP contribution in [-0.4, -0.2) is 68.2 Å². The van der Waals surface area contributed by atoms with Crippen LogP contribution in [0.25, 0.3) is 0 Å². The van der Waals surface area contributed by atoms with Crippen LogP contribution in [-0.2, 0) is 37.8 Å². The lowest BCUT2D eigenvalue weighted by Gasteiger charge is -2.31. The van der Waals surface area contributed by atoms with Crippen molar-refractivity contribution in [1.82, 2.24) is 4.90 Å². The minimum absolute atomic E-state index is 0.0965. The van der Waals surface area contributed by atoms with Crippen LogP contribution in [0, 0.1) is 5.92 Å². The second kappa shape index (κ2) is 15.5. The quantitative estimate of drug-likeness (QED) is 0.124. The van der Waals surface area contributed by atoms with Crippen LogP contribution in [0.5, 0.6) is 5.75 Å². The second-order valence-electron chi connectivity index (χ2n) is 15.1. The van der Waals surface area contributed by atoms with Crippen molar-refractivity contribution >= 4 is 43.2 Å². The van der Waals surface area contributed by atoms with Crippen LogP contribution in [0.2, 0.25) is 18.6 Å². The van der Waals surface area contributed by atoms with E-state index in [1.54, 1.807) is 42.1 Å². The minimum atomic E-state index is -3.55. The van der Waals surface area contributed by atoms with Crippen LogP contribution in [0.3, 0.4) is 0 Å². The van der Waals surface area contributed by atoms with Gasteiger partial charge >= 0.3 is 0 Å². The molecule has 4 aromatic rings. The van der Waals surface area contributed by atoms with E-state index in [1.807, 2.05) is 97.9 Å². The molecule has 3 aliphatic rings. The van der Waals surface area contributed by atoms with Gasteiger partial charge in [-0.05, 0) is 60.1 Å². The number of aliphatic hydroxyl groups excluding tert-OH is 1. The van der Waals surface area contributed by atoms with Gasteiger partial charge in [-0.2, -0.15) is 5.10 Å². The third-order valence-electron chi connectivity index (χ3n) is 11.1. The number of fused-ring (bicyclic) bond motifs is 2. The molecule has 1 spiro atoms. The Labute approximate surface area is 322 Å². The van der Waals surface area contributed by atoms with Crippen LogP contribution < -0.4 is 14.6 Å². The maximum atomic E-state index is 16.5. The van der Waals surface area contributed by atoms with Crippen molar-refractivity contribution in [2.75, 3.05) is 30.2 Å². The lowest BCUT2D eigenvalue weighted by atomic mass is 9.82. The van der Waals surface area contributed by atoms with Crippen molar-refractivity contribution in [3.63, 3.8) is 0 Å². The molecule has 12 heteroatoms. The number of rotatable bonds is 12. The van der Waals surface area contributed by atoms with Crippen molar-refractivity contribution in [2.24, 2.45) is 11.0 Å². The van der Waals surface area contributed by atoms with Crippen molar-refractivity contribution in [2.45, 2.75) is 69.6 Å². The summed E-state index contributed by atoms with van der Waals surface area (Å²) in [4.78, 5) is 45.1. The Kier molecular flexibility index (Phi) is 10.8. The number of hydrogen-bond acceptors (Lipinski definition) is 7. The molecule has 7 rings (SSSR count). The van der Waals surface area contributed by atoms with Gasteiger partial charge in [0.25, 0.3) is 5.91 Å². The number of anilines is 2. The van der Waals surface area contributed by atoms with Gasteiger partial charge in [-0.15, -0.1) is 0 Å². The summed E-state index contributed by atoms with van der Waals surface area (Å²) in [5.41, 5.74) is 3.11. The summed E-state index contributed by atoms with van der Waals surface area (Å²) in [5.74, 6) is -0.786.